The van der Waals surface area contributed by atoms with Gasteiger partial charge < -0.3 is 15.0 Å². The van der Waals surface area contributed by atoms with Crippen LogP contribution in [-0.2, 0) is 17.8 Å². The number of thiazole rings is 1. The monoisotopic (exact) mass is 346 g/mol. The first-order valence-electron chi connectivity index (χ1n) is 7.53. The Balaban J connectivity index is 1.63. The van der Waals surface area contributed by atoms with Crippen molar-refractivity contribution in [2.75, 3.05) is 24.2 Å². The van der Waals surface area contributed by atoms with E-state index in [2.05, 4.69) is 27.6 Å². The van der Waals surface area contributed by atoms with Crippen LogP contribution in [0, 0.1) is 0 Å². The second-order valence-corrected chi connectivity index (χ2v) is 6.66. The molecule has 2 aromatic rings. The fourth-order valence-corrected chi connectivity index (χ4v) is 3.52. The molecular formula is C16H18N4O3S. The number of hydrogen-bond acceptors (Lipinski definition) is 6. The summed E-state index contributed by atoms with van der Waals surface area (Å²) in [7, 11) is 2.07. The van der Waals surface area contributed by atoms with Gasteiger partial charge in [0.2, 0.25) is 0 Å². The summed E-state index contributed by atoms with van der Waals surface area (Å²) in [5.41, 5.74) is 1.59. The van der Waals surface area contributed by atoms with Crippen LogP contribution < -0.4 is 15.4 Å². The molecule has 1 aromatic carbocycles. The zero-order valence-electron chi connectivity index (χ0n) is 13.5. The maximum atomic E-state index is 12.1. The number of carbonyl (C=O) groups is 2. The van der Waals surface area contributed by atoms with Crippen LogP contribution in [0.5, 0.6) is 5.75 Å². The van der Waals surface area contributed by atoms with Gasteiger partial charge in [-0.3, -0.25) is 10.1 Å². The van der Waals surface area contributed by atoms with E-state index in [1.165, 1.54) is 23.1 Å². The Hall–Kier alpha value is -2.45. The molecule has 0 atom stereocenters. The Labute approximate surface area is 143 Å². The van der Waals surface area contributed by atoms with Crippen LogP contribution in [0.2, 0.25) is 0 Å². The molecule has 2 heterocycles. The Bertz CT molecular complexity index is 774. The summed E-state index contributed by atoms with van der Waals surface area (Å²) in [6.45, 7) is 3.17. The highest BCUT2D eigenvalue weighted by molar-refractivity contribution is 7.15. The third-order valence-corrected chi connectivity index (χ3v) is 4.49. The van der Waals surface area contributed by atoms with Crippen molar-refractivity contribution in [3.63, 3.8) is 0 Å². The molecule has 1 aromatic heterocycles. The van der Waals surface area contributed by atoms with Crippen molar-refractivity contribution < 1.29 is 14.3 Å². The third kappa shape index (κ3) is 4.09. The van der Waals surface area contributed by atoms with E-state index in [4.69, 9.17) is 4.74 Å². The van der Waals surface area contributed by atoms with E-state index < -0.39 is 5.97 Å². The van der Waals surface area contributed by atoms with Gasteiger partial charge in [-0.15, -0.1) is 11.3 Å². The number of anilines is 2. The SMILES string of the molecule is CC(=O)Oc1cccc(NC(=O)Nc2nc3c(s2)CN(C)CC3)c1. The van der Waals surface area contributed by atoms with Crippen molar-refractivity contribution in [2.24, 2.45) is 0 Å². The molecule has 0 unspecified atom stereocenters. The minimum Gasteiger partial charge on any atom is -0.427 e. The average molecular weight is 346 g/mol. The maximum absolute atomic E-state index is 12.1. The summed E-state index contributed by atoms with van der Waals surface area (Å²) in [6.07, 6.45) is 0.899. The lowest BCUT2D eigenvalue weighted by atomic mass is 10.2. The molecule has 1 aliphatic rings. The molecule has 1 aliphatic heterocycles. The topological polar surface area (TPSA) is 83.6 Å². The van der Waals surface area contributed by atoms with Gasteiger partial charge in [0, 0.05) is 43.1 Å². The standard InChI is InChI=1S/C16H18N4O3S/c1-10(21)23-12-5-3-4-11(8-12)17-15(22)19-16-18-13-6-7-20(2)9-14(13)24-16/h3-5,8H,6-7,9H2,1-2H3,(H2,17,18,19,22). The highest BCUT2D eigenvalue weighted by Gasteiger charge is 2.19. The van der Waals surface area contributed by atoms with Crippen molar-refractivity contribution in [1.82, 2.24) is 9.88 Å². The predicted octanol–water partition coefficient (Wildman–Crippen LogP) is 2.70. The fraction of sp³-hybridized carbons (Fsp3) is 0.312. The van der Waals surface area contributed by atoms with E-state index in [1.807, 2.05) is 0 Å². The molecule has 0 bridgehead atoms. The number of ether oxygens (including phenoxy) is 1. The summed E-state index contributed by atoms with van der Waals surface area (Å²) >= 11 is 1.50. The van der Waals surface area contributed by atoms with Crippen LogP contribution in [-0.4, -0.2) is 35.5 Å². The van der Waals surface area contributed by atoms with Gasteiger partial charge in [-0.25, -0.2) is 9.78 Å². The summed E-state index contributed by atoms with van der Waals surface area (Å²) in [6, 6.07) is 6.27. The van der Waals surface area contributed by atoms with Crippen molar-refractivity contribution in [3.05, 3.63) is 34.8 Å². The molecule has 0 saturated heterocycles. The van der Waals surface area contributed by atoms with Gasteiger partial charge in [0.1, 0.15) is 5.75 Å². The third-order valence-electron chi connectivity index (χ3n) is 3.50. The van der Waals surface area contributed by atoms with Gasteiger partial charge in [-0.2, -0.15) is 0 Å². The number of nitrogens with zero attached hydrogens (tertiary/aromatic N) is 2. The van der Waals surface area contributed by atoms with Gasteiger partial charge in [0.05, 0.1) is 5.69 Å². The van der Waals surface area contributed by atoms with Crippen LogP contribution in [0.4, 0.5) is 15.6 Å². The molecule has 0 radical (unpaired) electrons. The number of esters is 1. The van der Waals surface area contributed by atoms with Crippen molar-refractivity contribution in [1.29, 1.82) is 0 Å². The van der Waals surface area contributed by atoms with Crippen LogP contribution in [0.25, 0.3) is 0 Å². The Morgan fingerprint density at radius 3 is 2.96 bits per heavy atom. The number of benzene rings is 1. The quantitative estimate of drug-likeness (QED) is 0.659. The first kappa shape index (κ1) is 16.4. The summed E-state index contributed by atoms with van der Waals surface area (Å²) in [5.74, 6) is -0.0250. The average Bonchev–Trinajstić information content (AvgIpc) is 2.87. The normalized spacial score (nSPS) is 13.9. The Morgan fingerprint density at radius 1 is 1.33 bits per heavy atom. The zero-order chi connectivity index (χ0) is 17.1. The number of hydrogen-bond donors (Lipinski definition) is 2. The van der Waals surface area contributed by atoms with Crippen LogP contribution >= 0.6 is 11.3 Å². The van der Waals surface area contributed by atoms with Gasteiger partial charge in [0.25, 0.3) is 0 Å². The van der Waals surface area contributed by atoms with Crippen LogP contribution in [0.1, 0.15) is 17.5 Å². The fourth-order valence-electron chi connectivity index (χ4n) is 2.44. The van der Waals surface area contributed by atoms with E-state index in [9.17, 15) is 9.59 Å². The number of amides is 2. The van der Waals surface area contributed by atoms with Gasteiger partial charge in [-0.05, 0) is 19.2 Å². The summed E-state index contributed by atoms with van der Waals surface area (Å²) in [5, 5.41) is 6.05. The van der Waals surface area contributed by atoms with Gasteiger partial charge in [0.15, 0.2) is 5.13 Å². The van der Waals surface area contributed by atoms with Crippen molar-refractivity contribution in [2.45, 2.75) is 19.9 Å². The van der Waals surface area contributed by atoms with Crippen molar-refractivity contribution in [3.8, 4) is 5.75 Å². The predicted molar refractivity (Wildman–Crippen MR) is 92.5 cm³/mol. The molecule has 8 heteroatoms. The van der Waals surface area contributed by atoms with E-state index >= 15 is 0 Å². The van der Waals surface area contributed by atoms with E-state index in [0.29, 0.717) is 16.6 Å². The number of rotatable bonds is 3. The Morgan fingerprint density at radius 2 is 2.17 bits per heavy atom. The molecule has 7 nitrogen and oxygen atoms in total. The van der Waals surface area contributed by atoms with Crippen molar-refractivity contribution >= 4 is 34.2 Å². The van der Waals surface area contributed by atoms with Gasteiger partial charge in [-0.1, -0.05) is 6.07 Å². The minimum atomic E-state index is -0.407. The lowest BCUT2D eigenvalue weighted by Gasteiger charge is -2.20. The van der Waals surface area contributed by atoms with Crippen LogP contribution in [0.3, 0.4) is 0 Å². The highest BCUT2D eigenvalue weighted by Crippen LogP contribution is 2.27. The molecule has 2 N–H and O–H groups in total. The molecular weight excluding hydrogens is 328 g/mol. The smallest absolute Gasteiger partial charge is 0.325 e. The van der Waals surface area contributed by atoms with Gasteiger partial charge >= 0.3 is 12.0 Å². The molecule has 0 fully saturated rings. The van der Waals surface area contributed by atoms with E-state index in [0.717, 1.165) is 25.2 Å². The number of nitrogens with one attached hydrogen (secondary N) is 2. The molecule has 0 spiro atoms. The summed E-state index contributed by atoms with van der Waals surface area (Å²) < 4.78 is 4.99. The summed E-state index contributed by atoms with van der Waals surface area (Å²) in [4.78, 5) is 31.0. The lowest BCUT2D eigenvalue weighted by molar-refractivity contribution is -0.131. The largest absolute Gasteiger partial charge is 0.427 e. The second kappa shape index (κ2) is 6.98. The molecule has 0 saturated carbocycles. The molecule has 3 rings (SSSR count). The number of aromatic nitrogens is 1. The zero-order valence-corrected chi connectivity index (χ0v) is 14.3. The molecule has 0 aliphatic carbocycles. The second-order valence-electron chi connectivity index (χ2n) is 5.58. The first-order valence-corrected chi connectivity index (χ1v) is 8.35. The van der Waals surface area contributed by atoms with E-state index in [-0.39, 0.29) is 6.03 Å². The lowest BCUT2D eigenvalue weighted by Crippen LogP contribution is -2.25. The number of likely N-dealkylation sites (N-methyl/N-ethyl adjacent to an activating group) is 1. The molecule has 126 valence electrons. The van der Waals surface area contributed by atoms with Crippen LogP contribution in [0.15, 0.2) is 24.3 Å². The molecule has 24 heavy (non-hydrogen) atoms. The molecule has 2 amide bonds. The minimum absolute atomic E-state index is 0.380. The van der Waals surface area contributed by atoms with E-state index in [1.54, 1.807) is 24.3 Å². The number of urea groups is 1. The Kier molecular flexibility index (Phi) is 4.77. The maximum Gasteiger partial charge on any atom is 0.325 e. The number of fused-ring (bicyclic) bond motifs is 1. The highest BCUT2D eigenvalue weighted by atomic mass is 32.1. The number of carbonyl (C=O) groups excluding carboxylic acids is 2. The first-order chi connectivity index (χ1) is 11.5.